The van der Waals surface area contributed by atoms with Crippen molar-refractivity contribution in [3.63, 3.8) is 0 Å². The van der Waals surface area contributed by atoms with E-state index in [4.69, 9.17) is 4.74 Å². The summed E-state index contributed by atoms with van der Waals surface area (Å²) < 4.78 is 5.13. The number of carbonyl (C=O) groups is 2. The number of hydrogen-bond acceptors (Lipinski definition) is 3. The fourth-order valence-corrected chi connectivity index (χ4v) is 3.64. The smallest absolute Gasteiger partial charge is 0.408 e. The number of ether oxygens (including phenoxy) is 1. The second-order valence-corrected chi connectivity index (χ2v) is 7.21. The number of carbonyl (C=O) groups excluding carboxylic acids is 1. The lowest BCUT2D eigenvalue weighted by Crippen LogP contribution is -2.44. The topological polar surface area (TPSA) is 75.6 Å². The molecule has 5 nitrogen and oxygen atoms in total. The van der Waals surface area contributed by atoms with Gasteiger partial charge in [0.25, 0.3) is 0 Å². The summed E-state index contributed by atoms with van der Waals surface area (Å²) in [6.45, 7) is 5.29. The van der Waals surface area contributed by atoms with E-state index in [1.807, 2.05) is 0 Å². The number of nitrogens with one attached hydrogen (secondary N) is 1. The number of carboxylic acid groups (broad SMARTS) is 1. The Morgan fingerprint density at radius 1 is 1.30 bits per heavy atom. The lowest BCUT2D eigenvalue weighted by atomic mass is 9.84. The van der Waals surface area contributed by atoms with Gasteiger partial charge in [0.2, 0.25) is 0 Å². The fourth-order valence-electron chi connectivity index (χ4n) is 3.64. The van der Waals surface area contributed by atoms with E-state index >= 15 is 0 Å². The average Bonchev–Trinajstić information content (AvgIpc) is 2.86. The van der Waals surface area contributed by atoms with Crippen molar-refractivity contribution in [3.8, 4) is 0 Å². The van der Waals surface area contributed by atoms with E-state index < -0.39 is 23.7 Å². The highest BCUT2D eigenvalue weighted by atomic mass is 16.6. The molecule has 0 aliphatic heterocycles. The lowest BCUT2D eigenvalue weighted by molar-refractivity contribution is -0.140. The Bertz CT molecular complexity index is 388. The molecule has 2 bridgehead atoms. The molecule has 5 heteroatoms. The molecule has 0 radical (unpaired) electrons. The standard InChI is InChI=1S/C15H25NO4/c1-15(2,3)20-14(19)16-12(13(17)18)8-11-7-9-4-5-10(11)6-9/h9-12H,4-8H2,1-3H3,(H,16,19)(H,17,18). The normalized spacial score (nSPS) is 30.1. The number of alkyl carbamates (subject to hydrolysis) is 1. The third kappa shape index (κ3) is 3.87. The molecule has 2 saturated carbocycles. The van der Waals surface area contributed by atoms with Gasteiger partial charge in [0.05, 0.1) is 0 Å². The van der Waals surface area contributed by atoms with Crippen LogP contribution in [0.4, 0.5) is 4.79 Å². The number of carboxylic acids is 1. The third-order valence-corrected chi connectivity index (χ3v) is 4.41. The molecule has 4 unspecified atom stereocenters. The predicted molar refractivity (Wildman–Crippen MR) is 74.3 cm³/mol. The zero-order valence-corrected chi connectivity index (χ0v) is 12.5. The van der Waals surface area contributed by atoms with E-state index in [0.717, 1.165) is 12.3 Å². The fraction of sp³-hybridized carbons (Fsp3) is 0.867. The van der Waals surface area contributed by atoms with Gasteiger partial charge in [-0.3, -0.25) is 0 Å². The summed E-state index contributed by atoms with van der Waals surface area (Å²) in [5.41, 5.74) is -0.612. The quantitative estimate of drug-likeness (QED) is 0.832. The van der Waals surface area contributed by atoms with Crippen molar-refractivity contribution in [2.75, 3.05) is 0 Å². The van der Waals surface area contributed by atoms with Crippen molar-refractivity contribution in [1.82, 2.24) is 5.32 Å². The minimum absolute atomic E-state index is 0.435. The van der Waals surface area contributed by atoms with Gasteiger partial charge < -0.3 is 15.2 Å². The first-order valence-electron chi connectivity index (χ1n) is 7.47. The molecular formula is C15H25NO4. The highest BCUT2D eigenvalue weighted by molar-refractivity contribution is 5.80. The Hall–Kier alpha value is -1.26. The highest BCUT2D eigenvalue weighted by Gasteiger charge is 2.41. The largest absolute Gasteiger partial charge is 0.480 e. The van der Waals surface area contributed by atoms with Gasteiger partial charge in [0.15, 0.2) is 0 Å². The maximum atomic E-state index is 11.7. The van der Waals surface area contributed by atoms with Crippen molar-refractivity contribution < 1.29 is 19.4 Å². The average molecular weight is 283 g/mol. The summed E-state index contributed by atoms with van der Waals surface area (Å²) >= 11 is 0. The molecule has 0 spiro atoms. The monoisotopic (exact) mass is 283 g/mol. The number of fused-ring (bicyclic) bond motifs is 2. The van der Waals surface area contributed by atoms with Crippen LogP contribution in [0.3, 0.4) is 0 Å². The van der Waals surface area contributed by atoms with Gasteiger partial charge in [-0.1, -0.05) is 6.42 Å². The molecule has 0 aromatic carbocycles. The molecule has 114 valence electrons. The van der Waals surface area contributed by atoms with Crippen LogP contribution >= 0.6 is 0 Å². The first-order chi connectivity index (χ1) is 9.24. The summed E-state index contributed by atoms with van der Waals surface area (Å²) in [4.78, 5) is 23.0. The SMILES string of the molecule is CC(C)(C)OC(=O)NC(CC1CC2CCC1C2)C(=O)O. The molecule has 2 fully saturated rings. The molecule has 2 aliphatic rings. The van der Waals surface area contributed by atoms with E-state index in [2.05, 4.69) is 5.32 Å². The van der Waals surface area contributed by atoms with Gasteiger partial charge in [0.1, 0.15) is 11.6 Å². The van der Waals surface area contributed by atoms with E-state index in [-0.39, 0.29) is 0 Å². The van der Waals surface area contributed by atoms with Crippen LogP contribution in [0.1, 0.15) is 52.9 Å². The van der Waals surface area contributed by atoms with E-state index in [1.165, 1.54) is 19.3 Å². The Morgan fingerprint density at radius 2 is 2.00 bits per heavy atom. The van der Waals surface area contributed by atoms with Gasteiger partial charge in [-0.2, -0.15) is 0 Å². The third-order valence-electron chi connectivity index (χ3n) is 4.41. The molecule has 0 saturated heterocycles. The van der Waals surface area contributed by atoms with E-state index in [9.17, 15) is 14.7 Å². The van der Waals surface area contributed by atoms with E-state index in [1.54, 1.807) is 20.8 Å². The summed E-state index contributed by atoms with van der Waals surface area (Å²) in [7, 11) is 0. The number of rotatable bonds is 4. The van der Waals surface area contributed by atoms with Crippen LogP contribution in [-0.4, -0.2) is 28.8 Å². The molecule has 0 aromatic rings. The Kier molecular flexibility index (Phi) is 4.25. The molecule has 2 N–H and O–H groups in total. The molecule has 0 aromatic heterocycles. The summed E-state index contributed by atoms with van der Waals surface area (Å²) in [5.74, 6) is 0.895. The lowest BCUT2D eigenvalue weighted by Gasteiger charge is -2.26. The Morgan fingerprint density at radius 3 is 2.45 bits per heavy atom. The van der Waals surface area contributed by atoms with Gasteiger partial charge in [-0.15, -0.1) is 0 Å². The second kappa shape index (κ2) is 5.62. The zero-order chi connectivity index (χ0) is 14.9. The van der Waals surface area contributed by atoms with Crippen LogP contribution in [0.15, 0.2) is 0 Å². The Balaban J connectivity index is 1.88. The van der Waals surface area contributed by atoms with Gasteiger partial charge in [-0.05, 0) is 64.2 Å². The highest BCUT2D eigenvalue weighted by Crippen LogP contribution is 2.49. The zero-order valence-electron chi connectivity index (χ0n) is 12.5. The van der Waals surface area contributed by atoms with Crippen molar-refractivity contribution in [2.24, 2.45) is 17.8 Å². The van der Waals surface area contributed by atoms with Crippen molar-refractivity contribution >= 4 is 12.1 Å². The van der Waals surface area contributed by atoms with Crippen LogP contribution in [0.5, 0.6) is 0 Å². The maximum absolute atomic E-state index is 11.7. The minimum Gasteiger partial charge on any atom is -0.480 e. The summed E-state index contributed by atoms with van der Waals surface area (Å²) in [5, 5.41) is 11.8. The molecule has 0 heterocycles. The van der Waals surface area contributed by atoms with Crippen molar-refractivity contribution in [1.29, 1.82) is 0 Å². The van der Waals surface area contributed by atoms with Crippen LogP contribution < -0.4 is 5.32 Å². The van der Waals surface area contributed by atoms with Crippen LogP contribution in [0.25, 0.3) is 0 Å². The minimum atomic E-state index is -0.973. The van der Waals surface area contributed by atoms with E-state index in [0.29, 0.717) is 18.3 Å². The molecule has 2 aliphatic carbocycles. The Labute approximate surface area is 120 Å². The first-order valence-corrected chi connectivity index (χ1v) is 7.47. The first kappa shape index (κ1) is 15.1. The number of amides is 1. The summed E-state index contributed by atoms with van der Waals surface area (Å²) in [6, 6.07) is -0.839. The second-order valence-electron chi connectivity index (χ2n) is 7.21. The maximum Gasteiger partial charge on any atom is 0.408 e. The number of aliphatic carboxylic acids is 1. The van der Waals surface area contributed by atoms with Gasteiger partial charge >= 0.3 is 12.1 Å². The molecule has 20 heavy (non-hydrogen) atoms. The molecule has 2 rings (SSSR count). The molecule has 1 amide bonds. The predicted octanol–water partition coefficient (Wildman–Crippen LogP) is 2.79. The number of hydrogen-bond donors (Lipinski definition) is 2. The summed E-state index contributed by atoms with van der Waals surface area (Å²) in [6.07, 6.45) is 4.74. The van der Waals surface area contributed by atoms with Crippen LogP contribution in [0, 0.1) is 17.8 Å². The van der Waals surface area contributed by atoms with Gasteiger partial charge in [0, 0.05) is 0 Å². The van der Waals surface area contributed by atoms with Crippen LogP contribution in [-0.2, 0) is 9.53 Å². The van der Waals surface area contributed by atoms with Crippen LogP contribution in [0.2, 0.25) is 0 Å². The molecule has 4 atom stereocenters. The van der Waals surface area contributed by atoms with Crippen molar-refractivity contribution in [2.45, 2.75) is 64.5 Å². The van der Waals surface area contributed by atoms with Crippen molar-refractivity contribution in [3.05, 3.63) is 0 Å². The van der Waals surface area contributed by atoms with Gasteiger partial charge in [-0.25, -0.2) is 9.59 Å². The molecular weight excluding hydrogens is 258 g/mol.